The molecule has 30 heavy (non-hydrogen) atoms. The number of pyridine rings is 1. The highest BCUT2D eigenvalue weighted by Gasteiger charge is 2.37. The minimum Gasteiger partial charge on any atom is -0.387 e. The molecule has 4 nitrogen and oxygen atoms in total. The van der Waals surface area contributed by atoms with Gasteiger partial charge in [0.1, 0.15) is 5.69 Å². The zero-order valence-corrected chi connectivity index (χ0v) is 16.1. The molecule has 0 bridgehead atoms. The van der Waals surface area contributed by atoms with Crippen molar-refractivity contribution in [3.63, 3.8) is 0 Å². The van der Waals surface area contributed by atoms with Gasteiger partial charge in [-0.3, -0.25) is 0 Å². The molecule has 0 saturated heterocycles. The number of benzene rings is 1. The van der Waals surface area contributed by atoms with E-state index in [4.69, 9.17) is 0 Å². The van der Waals surface area contributed by atoms with E-state index in [0.29, 0.717) is 31.3 Å². The lowest BCUT2D eigenvalue weighted by Gasteiger charge is -2.19. The Morgan fingerprint density at radius 1 is 1.03 bits per heavy atom. The smallest absolute Gasteiger partial charge is 0.387 e. The third-order valence-electron chi connectivity index (χ3n) is 5.25. The molecule has 1 unspecified atom stereocenters. The molecule has 1 aliphatic rings. The van der Waals surface area contributed by atoms with Crippen LogP contribution in [-0.4, -0.2) is 35.8 Å². The van der Waals surface area contributed by atoms with E-state index in [-0.39, 0.29) is 17.5 Å². The number of para-hydroxylation sites is 1. The van der Waals surface area contributed by atoms with Crippen LogP contribution in [0.3, 0.4) is 0 Å². The summed E-state index contributed by atoms with van der Waals surface area (Å²) in [5.74, 6) is 0. The number of alkyl halides is 6. The minimum atomic E-state index is -4.94. The van der Waals surface area contributed by atoms with E-state index in [1.54, 1.807) is 0 Å². The summed E-state index contributed by atoms with van der Waals surface area (Å²) in [6.07, 6.45) is -6.67. The molecule has 1 aliphatic carbocycles. The number of nitrogens with zero attached hydrogens (tertiary/aromatic N) is 1. The number of hydrogen-bond acceptors (Lipinski definition) is 4. The number of halogens is 6. The van der Waals surface area contributed by atoms with E-state index in [1.165, 1.54) is 18.9 Å². The van der Waals surface area contributed by atoms with Gasteiger partial charge < -0.3 is 15.7 Å². The molecule has 1 fully saturated rings. The van der Waals surface area contributed by atoms with E-state index >= 15 is 0 Å². The normalized spacial score (nSPS) is 17.0. The number of aromatic nitrogens is 1. The van der Waals surface area contributed by atoms with Crippen molar-refractivity contribution in [3.8, 4) is 0 Å². The molecular formula is C20H23F6N3O. The molecule has 1 atom stereocenters. The van der Waals surface area contributed by atoms with Crippen LogP contribution < -0.4 is 10.6 Å². The van der Waals surface area contributed by atoms with Crippen molar-refractivity contribution in [1.29, 1.82) is 0 Å². The number of aliphatic hydroxyl groups is 1. The minimum absolute atomic E-state index is 0.0982. The fourth-order valence-corrected chi connectivity index (χ4v) is 3.77. The molecule has 0 amide bonds. The van der Waals surface area contributed by atoms with Gasteiger partial charge in [0, 0.05) is 31.1 Å². The Hall–Kier alpha value is -1.91. The molecule has 166 valence electrons. The van der Waals surface area contributed by atoms with Crippen LogP contribution in [0.2, 0.25) is 0 Å². The van der Waals surface area contributed by atoms with Gasteiger partial charge in [-0.2, -0.15) is 26.3 Å². The first-order valence-electron chi connectivity index (χ1n) is 9.77. The standard InChI is InChI=1S/C20H23F6N3O/c21-19(22,23)15-7-3-6-13-14(10-17(20(24,25)26)29-18(13)15)16(30)11-27-8-9-28-12-4-1-2-5-12/h3,6-7,10,12,16,27-28,30H,1-2,4-5,8-9,11H2. The fraction of sp³-hybridized carbons (Fsp3) is 0.550. The lowest BCUT2D eigenvalue weighted by Crippen LogP contribution is -2.34. The maximum absolute atomic E-state index is 13.3. The Bertz CT molecular complexity index is 862. The van der Waals surface area contributed by atoms with E-state index in [2.05, 4.69) is 15.6 Å². The molecule has 3 N–H and O–H groups in total. The SMILES string of the molecule is OC(CNCCNC1CCCC1)c1cc(C(F)(F)F)nc2c(C(F)(F)F)cccc12. The third-order valence-corrected chi connectivity index (χ3v) is 5.25. The zero-order valence-electron chi connectivity index (χ0n) is 16.1. The van der Waals surface area contributed by atoms with Gasteiger partial charge in [-0.15, -0.1) is 0 Å². The predicted molar refractivity (Wildman–Crippen MR) is 99.8 cm³/mol. The maximum atomic E-state index is 13.3. The van der Waals surface area contributed by atoms with Crippen LogP contribution in [0.4, 0.5) is 26.3 Å². The van der Waals surface area contributed by atoms with Gasteiger partial charge in [-0.1, -0.05) is 25.0 Å². The third kappa shape index (κ3) is 5.41. The average Bonchev–Trinajstić information content (AvgIpc) is 3.18. The number of fused-ring (bicyclic) bond motifs is 1. The summed E-state index contributed by atoms with van der Waals surface area (Å²) in [6, 6.07) is 4.08. The second kappa shape index (κ2) is 9.07. The zero-order chi connectivity index (χ0) is 21.9. The van der Waals surface area contributed by atoms with E-state index in [9.17, 15) is 31.4 Å². The lowest BCUT2D eigenvalue weighted by molar-refractivity contribution is -0.142. The summed E-state index contributed by atoms with van der Waals surface area (Å²) in [5.41, 5.74) is -3.80. The molecule has 1 heterocycles. The predicted octanol–water partition coefficient (Wildman–Crippen LogP) is 4.43. The van der Waals surface area contributed by atoms with Gasteiger partial charge in [0.25, 0.3) is 0 Å². The Kier molecular flexibility index (Phi) is 6.88. The first-order chi connectivity index (χ1) is 14.1. The number of hydrogen-bond donors (Lipinski definition) is 3. The van der Waals surface area contributed by atoms with Crippen LogP contribution in [0.5, 0.6) is 0 Å². The topological polar surface area (TPSA) is 57.2 Å². The van der Waals surface area contributed by atoms with Gasteiger partial charge in [0.2, 0.25) is 0 Å². The van der Waals surface area contributed by atoms with Crippen LogP contribution in [-0.2, 0) is 12.4 Å². The molecular weight excluding hydrogens is 412 g/mol. The van der Waals surface area contributed by atoms with Crippen molar-refractivity contribution in [2.75, 3.05) is 19.6 Å². The monoisotopic (exact) mass is 435 g/mol. The second-order valence-corrected chi connectivity index (χ2v) is 7.45. The molecule has 3 rings (SSSR count). The Balaban J connectivity index is 1.80. The first kappa shape index (κ1) is 22.8. The molecule has 0 radical (unpaired) electrons. The van der Waals surface area contributed by atoms with Crippen molar-refractivity contribution in [1.82, 2.24) is 15.6 Å². The fourth-order valence-electron chi connectivity index (χ4n) is 3.77. The van der Waals surface area contributed by atoms with E-state index < -0.39 is 35.2 Å². The molecule has 1 aromatic heterocycles. The summed E-state index contributed by atoms with van der Waals surface area (Å²) in [6.45, 7) is 0.996. The van der Waals surface area contributed by atoms with Gasteiger partial charge >= 0.3 is 12.4 Å². The average molecular weight is 435 g/mol. The van der Waals surface area contributed by atoms with Crippen LogP contribution in [0.1, 0.15) is 48.6 Å². The molecule has 0 aliphatic heterocycles. The molecule has 2 aromatic rings. The summed E-state index contributed by atoms with van der Waals surface area (Å²) in [5, 5.41) is 16.6. The molecule has 1 aromatic carbocycles. The lowest BCUT2D eigenvalue weighted by atomic mass is 9.99. The summed E-state index contributed by atoms with van der Waals surface area (Å²) >= 11 is 0. The maximum Gasteiger partial charge on any atom is 0.433 e. The number of rotatable bonds is 7. The first-order valence-corrected chi connectivity index (χ1v) is 9.77. The van der Waals surface area contributed by atoms with Gasteiger partial charge in [0.15, 0.2) is 0 Å². The second-order valence-electron chi connectivity index (χ2n) is 7.45. The van der Waals surface area contributed by atoms with E-state index in [0.717, 1.165) is 18.9 Å². The van der Waals surface area contributed by atoms with Crippen LogP contribution >= 0.6 is 0 Å². The largest absolute Gasteiger partial charge is 0.433 e. The number of aliphatic hydroxyl groups excluding tert-OH is 1. The Morgan fingerprint density at radius 3 is 2.37 bits per heavy atom. The van der Waals surface area contributed by atoms with Crippen molar-refractivity contribution < 1.29 is 31.4 Å². The van der Waals surface area contributed by atoms with Crippen molar-refractivity contribution in [2.24, 2.45) is 0 Å². The summed E-state index contributed by atoms with van der Waals surface area (Å²) in [7, 11) is 0. The van der Waals surface area contributed by atoms with Crippen LogP contribution in [0.25, 0.3) is 10.9 Å². The molecule has 10 heteroatoms. The summed E-state index contributed by atoms with van der Waals surface area (Å²) in [4.78, 5) is 3.22. The van der Waals surface area contributed by atoms with Gasteiger partial charge in [0.05, 0.1) is 17.2 Å². The van der Waals surface area contributed by atoms with Crippen LogP contribution in [0, 0.1) is 0 Å². The van der Waals surface area contributed by atoms with Crippen molar-refractivity contribution in [2.45, 2.75) is 50.2 Å². The van der Waals surface area contributed by atoms with Crippen molar-refractivity contribution in [3.05, 3.63) is 41.1 Å². The van der Waals surface area contributed by atoms with Gasteiger partial charge in [-0.05, 0) is 30.5 Å². The highest BCUT2D eigenvalue weighted by molar-refractivity contribution is 5.86. The van der Waals surface area contributed by atoms with Crippen LogP contribution in [0.15, 0.2) is 24.3 Å². The highest BCUT2D eigenvalue weighted by atomic mass is 19.4. The number of nitrogens with one attached hydrogen (secondary N) is 2. The van der Waals surface area contributed by atoms with E-state index in [1.807, 2.05) is 0 Å². The Morgan fingerprint density at radius 2 is 1.73 bits per heavy atom. The van der Waals surface area contributed by atoms with Crippen molar-refractivity contribution >= 4 is 10.9 Å². The summed E-state index contributed by atoms with van der Waals surface area (Å²) < 4.78 is 79.6. The van der Waals surface area contributed by atoms with Gasteiger partial charge in [-0.25, -0.2) is 4.98 Å². The quantitative estimate of drug-likeness (QED) is 0.445. The highest BCUT2D eigenvalue weighted by Crippen LogP contribution is 2.38. The Labute approximate surface area is 169 Å². The molecule has 0 spiro atoms. The molecule has 1 saturated carbocycles.